The van der Waals surface area contributed by atoms with Gasteiger partial charge in [-0.25, -0.2) is 4.79 Å². The fourth-order valence-electron chi connectivity index (χ4n) is 1.97. The van der Waals surface area contributed by atoms with Crippen molar-refractivity contribution < 1.29 is 19.0 Å². The van der Waals surface area contributed by atoms with Crippen molar-refractivity contribution in [2.75, 3.05) is 13.7 Å². The van der Waals surface area contributed by atoms with Gasteiger partial charge in [-0.15, -0.1) is 0 Å². The lowest BCUT2D eigenvalue weighted by Gasteiger charge is -2.24. The van der Waals surface area contributed by atoms with E-state index in [1.165, 1.54) is 0 Å². The van der Waals surface area contributed by atoms with Crippen molar-refractivity contribution in [3.8, 4) is 0 Å². The summed E-state index contributed by atoms with van der Waals surface area (Å²) in [6, 6.07) is 9.89. The zero-order valence-electron chi connectivity index (χ0n) is 11.2. The van der Waals surface area contributed by atoms with Crippen molar-refractivity contribution >= 4 is 5.97 Å². The van der Waals surface area contributed by atoms with Gasteiger partial charge in [-0.3, -0.25) is 0 Å². The molecule has 2 rings (SSSR count). The molecular weight excluding hydrogens is 244 g/mol. The molecule has 0 saturated heterocycles. The molecule has 0 saturated carbocycles. The van der Waals surface area contributed by atoms with E-state index in [9.17, 15) is 4.79 Å². The molecule has 0 fully saturated rings. The van der Waals surface area contributed by atoms with Crippen LogP contribution in [0.25, 0.3) is 0 Å². The average Bonchev–Trinajstić information content (AvgIpc) is 2.43. The number of carbonyl (C=O) groups is 1. The minimum absolute atomic E-state index is 0.269. The highest BCUT2D eigenvalue weighted by atomic mass is 16.6. The molecule has 0 spiro atoms. The molecule has 4 nitrogen and oxygen atoms in total. The maximum Gasteiger partial charge on any atom is 0.337 e. The number of esters is 1. The Morgan fingerprint density at radius 3 is 2.74 bits per heavy atom. The van der Waals surface area contributed by atoms with Crippen LogP contribution in [0.15, 0.2) is 41.7 Å². The SMILES string of the molecule is COC1=C(C)C(=O)O[C@@H](COCc2ccccc2)C1. The molecule has 0 bridgehead atoms. The molecule has 102 valence electrons. The smallest absolute Gasteiger partial charge is 0.337 e. The van der Waals surface area contributed by atoms with Gasteiger partial charge >= 0.3 is 5.97 Å². The summed E-state index contributed by atoms with van der Waals surface area (Å²) < 4.78 is 16.0. The van der Waals surface area contributed by atoms with Gasteiger partial charge in [-0.2, -0.15) is 0 Å². The first-order valence-electron chi connectivity index (χ1n) is 6.27. The standard InChI is InChI=1S/C15H18O4/c1-11-14(17-2)8-13(19-15(11)16)10-18-9-12-6-4-3-5-7-12/h3-7,13H,8-10H2,1-2H3/t13-/m1/s1. The summed E-state index contributed by atoms with van der Waals surface area (Å²) in [6.07, 6.45) is 0.304. The maximum absolute atomic E-state index is 11.6. The first-order chi connectivity index (χ1) is 9.20. The van der Waals surface area contributed by atoms with Crippen LogP contribution in [-0.4, -0.2) is 25.8 Å². The van der Waals surface area contributed by atoms with Gasteiger partial charge in [0.2, 0.25) is 0 Å². The summed E-state index contributed by atoms with van der Waals surface area (Å²) in [5.41, 5.74) is 1.64. The normalized spacial score (nSPS) is 19.3. The zero-order chi connectivity index (χ0) is 13.7. The van der Waals surface area contributed by atoms with E-state index >= 15 is 0 Å². The number of benzene rings is 1. The molecular formula is C15H18O4. The molecule has 0 amide bonds. The topological polar surface area (TPSA) is 44.8 Å². The van der Waals surface area contributed by atoms with Crippen LogP contribution in [0.1, 0.15) is 18.9 Å². The highest BCUT2D eigenvalue weighted by Gasteiger charge is 2.27. The molecule has 4 heteroatoms. The summed E-state index contributed by atoms with van der Waals surface area (Å²) in [5, 5.41) is 0. The summed E-state index contributed by atoms with van der Waals surface area (Å²) >= 11 is 0. The lowest BCUT2D eigenvalue weighted by Crippen LogP contribution is -2.30. The molecule has 0 radical (unpaired) electrons. The van der Waals surface area contributed by atoms with Gasteiger partial charge in [0.25, 0.3) is 0 Å². The third kappa shape index (κ3) is 3.58. The quantitative estimate of drug-likeness (QED) is 0.764. The third-order valence-electron chi connectivity index (χ3n) is 3.07. The number of carbonyl (C=O) groups excluding carboxylic acids is 1. The van der Waals surface area contributed by atoms with Crippen LogP contribution < -0.4 is 0 Å². The van der Waals surface area contributed by atoms with Crippen molar-refractivity contribution in [2.24, 2.45) is 0 Å². The molecule has 0 aliphatic carbocycles. The Labute approximate surface area is 113 Å². The first-order valence-corrected chi connectivity index (χ1v) is 6.27. The van der Waals surface area contributed by atoms with E-state index in [1.807, 2.05) is 30.3 Å². The second-order valence-electron chi connectivity index (χ2n) is 4.48. The van der Waals surface area contributed by atoms with E-state index in [0.29, 0.717) is 31.0 Å². The largest absolute Gasteiger partial charge is 0.500 e. The van der Waals surface area contributed by atoms with Crippen molar-refractivity contribution in [2.45, 2.75) is 26.1 Å². The predicted molar refractivity (Wildman–Crippen MR) is 70.3 cm³/mol. The van der Waals surface area contributed by atoms with Crippen LogP contribution in [0.3, 0.4) is 0 Å². The predicted octanol–water partition coefficient (Wildman–Crippen LogP) is 2.44. The van der Waals surface area contributed by atoms with Gasteiger partial charge < -0.3 is 14.2 Å². The fourth-order valence-corrected chi connectivity index (χ4v) is 1.97. The maximum atomic E-state index is 11.6. The number of hydrogen-bond donors (Lipinski definition) is 0. The Kier molecular flexibility index (Phi) is 4.58. The van der Waals surface area contributed by atoms with E-state index in [1.54, 1.807) is 14.0 Å². The van der Waals surface area contributed by atoms with E-state index in [0.717, 1.165) is 5.56 Å². The minimum Gasteiger partial charge on any atom is -0.500 e. The Morgan fingerprint density at radius 1 is 1.32 bits per heavy atom. The summed E-state index contributed by atoms with van der Waals surface area (Å²) in [7, 11) is 1.57. The Morgan fingerprint density at radius 2 is 2.05 bits per heavy atom. The van der Waals surface area contributed by atoms with Crippen LogP contribution in [0, 0.1) is 0 Å². The average molecular weight is 262 g/mol. The van der Waals surface area contributed by atoms with E-state index in [2.05, 4.69) is 0 Å². The number of methoxy groups -OCH3 is 1. The molecule has 0 unspecified atom stereocenters. The van der Waals surface area contributed by atoms with Gasteiger partial charge in [0, 0.05) is 6.42 Å². The van der Waals surface area contributed by atoms with Crippen molar-refractivity contribution in [3.63, 3.8) is 0 Å². The molecule has 1 aromatic carbocycles. The van der Waals surface area contributed by atoms with Gasteiger partial charge in [0.1, 0.15) is 11.9 Å². The number of cyclic esters (lactones) is 1. The summed E-state index contributed by atoms with van der Waals surface area (Å²) in [5.74, 6) is 0.362. The number of rotatable bonds is 5. The summed E-state index contributed by atoms with van der Waals surface area (Å²) in [4.78, 5) is 11.6. The van der Waals surface area contributed by atoms with Crippen LogP contribution in [0.5, 0.6) is 0 Å². The molecule has 0 aromatic heterocycles. The Bertz CT molecular complexity index is 464. The van der Waals surface area contributed by atoms with Crippen molar-refractivity contribution in [3.05, 3.63) is 47.2 Å². The fraction of sp³-hybridized carbons (Fsp3) is 0.400. The van der Waals surface area contributed by atoms with Gasteiger partial charge in [-0.1, -0.05) is 30.3 Å². The minimum atomic E-state index is -0.323. The molecule has 1 aromatic rings. The first kappa shape index (κ1) is 13.6. The molecule has 0 N–H and O–H groups in total. The van der Waals surface area contributed by atoms with Gasteiger partial charge in [0.05, 0.1) is 25.9 Å². The second-order valence-corrected chi connectivity index (χ2v) is 4.48. The van der Waals surface area contributed by atoms with E-state index in [-0.39, 0.29) is 12.1 Å². The summed E-state index contributed by atoms with van der Waals surface area (Å²) in [6.45, 7) is 2.60. The Balaban J connectivity index is 1.83. The highest BCUT2D eigenvalue weighted by molar-refractivity contribution is 5.89. The zero-order valence-corrected chi connectivity index (χ0v) is 11.2. The number of hydrogen-bond acceptors (Lipinski definition) is 4. The van der Waals surface area contributed by atoms with Crippen LogP contribution >= 0.6 is 0 Å². The van der Waals surface area contributed by atoms with Gasteiger partial charge in [-0.05, 0) is 12.5 Å². The molecule has 1 heterocycles. The third-order valence-corrected chi connectivity index (χ3v) is 3.07. The highest BCUT2D eigenvalue weighted by Crippen LogP contribution is 2.22. The molecule has 1 aliphatic heterocycles. The lowest BCUT2D eigenvalue weighted by molar-refractivity contribution is -0.150. The second kappa shape index (κ2) is 6.38. The van der Waals surface area contributed by atoms with E-state index < -0.39 is 0 Å². The molecule has 1 aliphatic rings. The van der Waals surface area contributed by atoms with Crippen LogP contribution in [0.2, 0.25) is 0 Å². The number of ether oxygens (including phenoxy) is 3. The van der Waals surface area contributed by atoms with Crippen molar-refractivity contribution in [1.29, 1.82) is 0 Å². The molecule has 19 heavy (non-hydrogen) atoms. The van der Waals surface area contributed by atoms with Crippen LogP contribution in [0.4, 0.5) is 0 Å². The van der Waals surface area contributed by atoms with Gasteiger partial charge in [0.15, 0.2) is 0 Å². The monoisotopic (exact) mass is 262 g/mol. The van der Waals surface area contributed by atoms with E-state index in [4.69, 9.17) is 14.2 Å². The molecule has 1 atom stereocenters. The lowest BCUT2D eigenvalue weighted by atomic mass is 10.1. The van der Waals surface area contributed by atoms with Crippen LogP contribution in [-0.2, 0) is 25.6 Å². The Hall–Kier alpha value is -1.81. The van der Waals surface area contributed by atoms with Crippen molar-refractivity contribution in [1.82, 2.24) is 0 Å².